The SMILES string of the molecule is CC(C)(C)c1ccc(CSc2nnc(-c3ccncc3)n2-c2ccc(F)cc2)cc1. The maximum atomic E-state index is 13.5. The minimum absolute atomic E-state index is 0.133. The Morgan fingerprint density at radius 2 is 1.53 bits per heavy atom. The summed E-state index contributed by atoms with van der Waals surface area (Å²) in [6.07, 6.45) is 3.45. The van der Waals surface area contributed by atoms with Crippen LogP contribution in [-0.4, -0.2) is 19.7 Å². The van der Waals surface area contributed by atoms with E-state index in [1.165, 1.54) is 23.3 Å². The van der Waals surface area contributed by atoms with Crippen molar-refractivity contribution >= 4 is 11.8 Å². The van der Waals surface area contributed by atoms with Crippen LogP contribution in [0.3, 0.4) is 0 Å². The van der Waals surface area contributed by atoms with Crippen molar-refractivity contribution < 1.29 is 4.39 Å². The lowest BCUT2D eigenvalue weighted by molar-refractivity contribution is 0.590. The molecule has 0 N–H and O–H groups in total. The number of benzene rings is 2. The van der Waals surface area contributed by atoms with E-state index in [0.29, 0.717) is 5.82 Å². The third-order valence-electron chi connectivity index (χ3n) is 4.84. The molecule has 0 saturated carbocycles. The molecule has 0 bridgehead atoms. The molecule has 0 unspecified atom stereocenters. The predicted octanol–water partition coefficient (Wildman–Crippen LogP) is 6.06. The maximum Gasteiger partial charge on any atom is 0.196 e. The van der Waals surface area contributed by atoms with Gasteiger partial charge in [0.25, 0.3) is 0 Å². The monoisotopic (exact) mass is 418 g/mol. The van der Waals surface area contributed by atoms with Crippen LogP contribution in [0.25, 0.3) is 17.1 Å². The Kier molecular flexibility index (Phi) is 5.68. The zero-order valence-corrected chi connectivity index (χ0v) is 18.0. The average Bonchev–Trinajstić information content (AvgIpc) is 3.17. The Bertz CT molecular complexity index is 1110. The summed E-state index contributed by atoms with van der Waals surface area (Å²) in [6, 6.07) is 18.9. The number of nitrogens with zero attached hydrogens (tertiary/aromatic N) is 4. The first-order valence-corrected chi connectivity index (χ1v) is 10.7. The van der Waals surface area contributed by atoms with Crippen LogP contribution in [0.5, 0.6) is 0 Å². The average molecular weight is 419 g/mol. The number of rotatable bonds is 5. The summed E-state index contributed by atoms with van der Waals surface area (Å²) in [7, 11) is 0. The number of aromatic nitrogens is 4. The zero-order valence-electron chi connectivity index (χ0n) is 17.2. The van der Waals surface area contributed by atoms with E-state index in [2.05, 4.69) is 60.2 Å². The quantitative estimate of drug-likeness (QED) is 0.370. The van der Waals surface area contributed by atoms with Gasteiger partial charge in [0.15, 0.2) is 11.0 Å². The van der Waals surface area contributed by atoms with Crippen molar-refractivity contribution in [2.24, 2.45) is 0 Å². The molecule has 0 spiro atoms. The molecular weight excluding hydrogens is 395 g/mol. The van der Waals surface area contributed by atoms with E-state index in [-0.39, 0.29) is 11.2 Å². The van der Waals surface area contributed by atoms with Crippen LogP contribution in [0.15, 0.2) is 78.2 Å². The number of halogens is 1. The molecule has 2 aromatic heterocycles. The third kappa shape index (κ3) is 4.44. The Morgan fingerprint density at radius 1 is 0.867 bits per heavy atom. The normalized spacial score (nSPS) is 11.6. The summed E-state index contributed by atoms with van der Waals surface area (Å²) < 4.78 is 15.4. The van der Waals surface area contributed by atoms with Crippen LogP contribution in [0, 0.1) is 5.82 Å². The van der Waals surface area contributed by atoms with Crippen LogP contribution in [-0.2, 0) is 11.2 Å². The van der Waals surface area contributed by atoms with Gasteiger partial charge in [0, 0.05) is 29.4 Å². The first-order valence-electron chi connectivity index (χ1n) is 9.76. The van der Waals surface area contributed by atoms with E-state index in [1.54, 1.807) is 36.3 Å². The summed E-state index contributed by atoms with van der Waals surface area (Å²) in [6.45, 7) is 6.63. The van der Waals surface area contributed by atoms with Crippen LogP contribution in [0.4, 0.5) is 4.39 Å². The highest BCUT2D eigenvalue weighted by Gasteiger charge is 2.17. The van der Waals surface area contributed by atoms with Gasteiger partial charge in [0.2, 0.25) is 0 Å². The number of hydrogen-bond acceptors (Lipinski definition) is 4. The second kappa shape index (κ2) is 8.40. The predicted molar refractivity (Wildman–Crippen MR) is 119 cm³/mol. The molecule has 0 radical (unpaired) electrons. The minimum Gasteiger partial charge on any atom is -0.270 e. The number of hydrogen-bond donors (Lipinski definition) is 0. The molecule has 30 heavy (non-hydrogen) atoms. The van der Waals surface area contributed by atoms with Gasteiger partial charge in [-0.1, -0.05) is 56.8 Å². The van der Waals surface area contributed by atoms with Crippen molar-refractivity contribution in [3.63, 3.8) is 0 Å². The molecule has 0 fully saturated rings. The van der Waals surface area contributed by atoms with Gasteiger partial charge in [-0.05, 0) is 52.9 Å². The van der Waals surface area contributed by atoms with Crippen LogP contribution in [0.2, 0.25) is 0 Å². The molecule has 4 aromatic rings. The topological polar surface area (TPSA) is 43.6 Å². The molecule has 0 saturated heterocycles. The zero-order chi connectivity index (χ0) is 21.1. The molecule has 6 heteroatoms. The van der Waals surface area contributed by atoms with Crippen molar-refractivity contribution in [1.29, 1.82) is 0 Å². The first-order chi connectivity index (χ1) is 14.4. The maximum absolute atomic E-state index is 13.5. The summed E-state index contributed by atoms with van der Waals surface area (Å²) in [5, 5.41) is 9.60. The second-order valence-electron chi connectivity index (χ2n) is 8.09. The van der Waals surface area contributed by atoms with Gasteiger partial charge in [-0.2, -0.15) is 0 Å². The van der Waals surface area contributed by atoms with Crippen molar-refractivity contribution in [2.45, 2.75) is 37.1 Å². The molecular formula is C24H23FN4S. The van der Waals surface area contributed by atoms with E-state index >= 15 is 0 Å². The molecule has 2 heterocycles. The Morgan fingerprint density at radius 3 is 2.17 bits per heavy atom. The molecule has 0 aliphatic heterocycles. The van der Waals surface area contributed by atoms with Crippen LogP contribution >= 0.6 is 11.8 Å². The molecule has 0 aliphatic carbocycles. The van der Waals surface area contributed by atoms with Gasteiger partial charge >= 0.3 is 0 Å². The third-order valence-corrected chi connectivity index (χ3v) is 5.84. The first kappa shape index (κ1) is 20.3. The van der Waals surface area contributed by atoms with Crippen molar-refractivity contribution in [1.82, 2.24) is 19.7 Å². The highest BCUT2D eigenvalue weighted by molar-refractivity contribution is 7.98. The molecule has 2 aromatic carbocycles. The molecule has 0 amide bonds. The molecule has 152 valence electrons. The Balaban J connectivity index is 1.65. The van der Waals surface area contributed by atoms with Gasteiger partial charge in [-0.15, -0.1) is 10.2 Å². The van der Waals surface area contributed by atoms with Gasteiger partial charge in [-0.3, -0.25) is 9.55 Å². The van der Waals surface area contributed by atoms with E-state index in [4.69, 9.17) is 0 Å². The van der Waals surface area contributed by atoms with Crippen LogP contribution < -0.4 is 0 Å². The van der Waals surface area contributed by atoms with Crippen molar-refractivity contribution in [3.05, 3.63) is 90.0 Å². The highest BCUT2D eigenvalue weighted by atomic mass is 32.2. The highest BCUT2D eigenvalue weighted by Crippen LogP contribution is 2.30. The van der Waals surface area contributed by atoms with Crippen LogP contribution in [0.1, 0.15) is 31.9 Å². The van der Waals surface area contributed by atoms with E-state index in [9.17, 15) is 4.39 Å². The lowest BCUT2D eigenvalue weighted by Gasteiger charge is -2.19. The second-order valence-corrected chi connectivity index (χ2v) is 9.03. The molecule has 4 nitrogen and oxygen atoms in total. The van der Waals surface area contributed by atoms with E-state index in [1.807, 2.05) is 16.7 Å². The minimum atomic E-state index is -0.273. The van der Waals surface area contributed by atoms with Crippen molar-refractivity contribution in [3.8, 4) is 17.1 Å². The van der Waals surface area contributed by atoms with E-state index < -0.39 is 0 Å². The lowest BCUT2D eigenvalue weighted by atomic mass is 9.87. The summed E-state index contributed by atoms with van der Waals surface area (Å²) >= 11 is 1.61. The van der Waals surface area contributed by atoms with E-state index in [0.717, 1.165) is 22.2 Å². The van der Waals surface area contributed by atoms with Gasteiger partial charge < -0.3 is 0 Å². The molecule has 0 aliphatic rings. The summed E-state index contributed by atoms with van der Waals surface area (Å²) in [5.74, 6) is 1.19. The Hall–Kier alpha value is -2.99. The molecule has 0 atom stereocenters. The standard InChI is InChI=1S/C24H23FN4S/c1-24(2,3)19-6-4-17(5-7-19)16-30-23-28-27-22(18-12-14-26-15-13-18)29(23)21-10-8-20(25)9-11-21/h4-15H,16H2,1-3H3. The smallest absolute Gasteiger partial charge is 0.196 e. The fourth-order valence-corrected chi connectivity index (χ4v) is 4.03. The van der Waals surface area contributed by atoms with Gasteiger partial charge in [0.05, 0.1) is 0 Å². The van der Waals surface area contributed by atoms with Gasteiger partial charge in [0.1, 0.15) is 5.82 Å². The lowest BCUT2D eigenvalue weighted by Crippen LogP contribution is -2.10. The fraction of sp³-hybridized carbons (Fsp3) is 0.208. The Labute approximate surface area is 180 Å². The molecule has 4 rings (SSSR count). The summed E-state index contributed by atoms with van der Waals surface area (Å²) in [4.78, 5) is 4.08. The van der Waals surface area contributed by atoms with Crippen molar-refractivity contribution in [2.75, 3.05) is 0 Å². The fourth-order valence-electron chi connectivity index (χ4n) is 3.12. The number of pyridine rings is 1. The van der Waals surface area contributed by atoms with Gasteiger partial charge in [-0.25, -0.2) is 4.39 Å². The summed E-state index contributed by atoms with van der Waals surface area (Å²) in [5.41, 5.74) is 4.38. The number of thioether (sulfide) groups is 1. The largest absolute Gasteiger partial charge is 0.270 e.